The second kappa shape index (κ2) is 8.83. The number of hydrogen-bond acceptors (Lipinski definition) is 6. The van der Waals surface area contributed by atoms with Crippen molar-refractivity contribution in [2.24, 2.45) is 0 Å². The highest BCUT2D eigenvalue weighted by molar-refractivity contribution is 5.92. The van der Waals surface area contributed by atoms with Gasteiger partial charge in [0.2, 0.25) is 0 Å². The van der Waals surface area contributed by atoms with Crippen LogP contribution in [0.3, 0.4) is 0 Å². The topological polar surface area (TPSA) is 109 Å². The standard InChI is InChI=1S/C23H23N7O/c1-14-4-6-18(24-11-14)13-26-23(31)21-7-5-17(12-25-21)22-27-15(2)8-19(28-22)10-20-9-16(3)29-30-20/h4-9,11-12H,10,13H2,1-3H3,(H,26,31)(H,29,30). The molecule has 0 aliphatic heterocycles. The summed E-state index contributed by atoms with van der Waals surface area (Å²) in [7, 11) is 0. The zero-order valence-corrected chi connectivity index (χ0v) is 17.7. The van der Waals surface area contributed by atoms with Gasteiger partial charge < -0.3 is 5.32 Å². The Kier molecular flexibility index (Phi) is 5.79. The molecule has 0 aromatic carbocycles. The molecule has 8 nitrogen and oxygen atoms in total. The Labute approximate surface area is 180 Å². The van der Waals surface area contributed by atoms with Crippen molar-refractivity contribution in [2.75, 3.05) is 0 Å². The molecule has 0 bridgehead atoms. The summed E-state index contributed by atoms with van der Waals surface area (Å²) in [4.78, 5) is 30.2. The normalized spacial score (nSPS) is 10.8. The van der Waals surface area contributed by atoms with E-state index < -0.39 is 0 Å². The molecular weight excluding hydrogens is 390 g/mol. The molecule has 0 saturated carbocycles. The maximum Gasteiger partial charge on any atom is 0.270 e. The van der Waals surface area contributed by atoms with E-state index in [0.29, 0.717) is 24.5 Å². The van der Waals surface area contributed by atoms with E-state index in [1.807, 2.05) is 51.1 Å². The molecule has 0 radical (unpaired) electrons. The van der Waals surface area contributed by atoms with Gasteiger partial charge in [-0.2, -0.15) is 5.10 Å². The van der Waals surface area contributed by atoms with Gasteiger partial charge in [-0.15, -0.1) is 0 Å². The van der Waals surface area contributed by atoms with Crippen LogP contribution in [0.25, 0.3) is 11.4 Å². The number of nitrogens with one attached hydrogen (secondary N) is 2. The number of aromatic amines is 1. The SMILES string of the molecule is Cc1ccc(CNC(=O)c2ccc(-c3nc(C)cc(Cc4cc(C)[nH]n4)n3)cn2)nc1. The van der Waals surface area contributed by atoms with Crippen LogP contribution < -0.4 is 5.32 Å². The number of aryl methyl sites for hydroxylation is 3. The van der Waals surface area contributed by atoms with Gasteiger partial charge in [-0.05, 0) is 56.7 Å². The summed E-state index contributed by atoms with van der Waals surface area (Å²) >= 11 is 0. The van der Waals surface area contributed by atoms with E-state index >= 15 is 0 Å². The van der Waals surface area contributed by atoms with Crippen molar-refractivity contribution in [3.05, 3.63) is 88.5 Å². The van der Waals surface area contributed by atoms with Gasteiger partial charge in [-0.25, -0.2) is 9.97 Å². The Balaban J connectivity index is 1.45. The van der Waals surface area contributed by atoms with E-state index in [-0.39, 0.29) is 5.91 Å². The van der Waals surface area contributed by atoms with Gasteiger partial charge in [0.15, 0.2) is 5.82 Å². The first-order valence-corrected chi connectivity index (χ1v) is 9.98. The van der Waals surface area contributed by atoms with Gasteiger partial charge in [0.1, 0.15) is 5.69 Å². The molecule has 0 saturated heterocycles. The molecule has 2 N–H and O–H groups in total. The van der Waals surface area contributed by atoms with Gasteiger partial charge in [-0.3, -0.25) is 19.9 Å². The highest BCUT2D eigenvalue weighted by atomic mass is 16.1. The Bertz CT molecular complexity index is 1200. The lowest BCUT2D eigenvalue weighted by Gasteiger charge is -2.07. The van der Waals surface area contributed by atoms with E-state index in [2.05, 4.69) is 35.5 Å². The van der Waals surface area contributed by atoms with Crippen molar-refractivity contribution in [3.63, 3.8) is 0 Å². The molecule has 4 aromatic rings. The van der Waals surface area contributed by atoms with Crippen LogP contribution in [0.4, 0.5) is 0 Å². The molecule has 0 aliphatic carbocycles. The lowest BCUT2D eigenvalue weighted by atomic mass is 10.2. The van der Waals surface area contributed by atoms with Crippen LogP contribution in [0.2, 0.25) is 0 Å². The number of carbonyl (C=O) groups excluding carboxylic acids is 1. The van der Waals surface area contributed by atoms with E-state index in [1.54, 1.807) is 18.5 Å². The molecule has 156 valence electrons. The molecule has 4 heterocycles. The van der Waals surface area contributed by atoms with Crippen LogP contribution in [-0.4, -0.2) is 36.0 Å². The maximum absolute atomic E-state index is 12.4. The molecule has 0 fully saturated rings. The zero-order valence-electron chi connectivity index (χ0n) is 17.7. The van der Waals surface area contributed by atoms with Crippen LogP contribution in [0.5, 0.6) is 0 Å². The number of nitrogens with zero attached hydrogens (tertiary/aromatic N) is 5. The van der Waals surface area contributed by atoms with E-state index in [1.165, 1.54) is 0 Å². The van der Waals surface area contributed by atoms with Crippen molar-refractivity contribution in [2.45, 2.75) is 33.7 Å². The lowest BCUT2D eigenvalue weighted by molar-refractivity contribution is 0.0945. The molecule has 0 unspecified atom stereocenters. The third-order valence-electron chi connectivity index (χ3n) is 4.69. The molecule has 31 heavy (non-hydrogen) atoms. The summed E-state index contributed by atoms with van der Waals surface area (Å²) in [6.45, 7) is 6.21. The molecule has 8 heteroatoms. The fourth-order valence-electron chi connectivity index (χ4n) is 3.13. The molecule has 0 spiro atoms. The Hall–Kier alpha value is -3.94. The zero-order chi connectivity index (χ0) is 21.8. The molecular formula is C23H23N7O. The van der Waals surface area contributed by atoms with Crippen LogP contribution in [0.15, 0.2) is 48.8 Å². The summed E-state index contributed by atoms with van der Waals surface area (Å²) < 4.78 is 0. The quantitative estimate of drug-likeness (QED) is 0.503. The maximum atomic E-state index is 12.4. The fraction of sp³-hybridized carbons (Fsp3) is 0.217. The van der Waals surface area contributed by atoms with Crippen molar-refractivity contribution in [1.82, 2.24) is 35.5 Å². The molecule has 4 aromatic heterocycles. The van der Waals surface area contributed by atoms with Gasteiger partial charge in [0.25, 0.3) is 5.91 Å². The monoisotopic (exact) mass is 413 g/mol. The van der Waals surface area contributed by atoms with Crippen LogP contribution in [0, 0.1) is 20.8 Å². The Morgan fingerprint density at radius 3 is 2.48 bits per heavy atom. The third-order valence-corrected chi connectivity index (χ3v) is 4.69. The number of carbonyl (C=O) groups is 1. The predicted octanol–water partition coefficient (Wildman–Crippen LogP) is 3.10. The average molecular weight is 413 g/mol. The summed E-state index contributed by atoms with van der Waals surface area (Å²) in [5.41, 5.74) is 6.63. The highest BCUT2D eigenvalue weighted by Crippen LogP contribution is 2.17. The van der Waals surface area contributed by atoms with Crippen molar-refractivity contribution >= 4 is 5.91 Å². The molecule has 1 amide bonds. The first-order chi connectivity index (χ1) is 15.0. The Morgan fingerprint density at radius 2 is 1.81 bits per heavy atom. The number of amides is 1. The van der Waals surface area contributed by atoms with Crippen molar-refractivity contribution < 1.29 is 4.79 Å². The van der Waals surface area contributed by atoms with Crippen LogP contribution >= 0.6 is 0 Å². The van der Waals surface area contributed by atoms with Crippen molar-refractivity contribution in [1.29, 1.82) is 0 Å². The molecule has 0 aliphatic rings. The minimum atomic E-state index is -0.256. The van der Waals surface area contributed by atoms with Gasteiger partial charge in [0, 0.05) is 35.8 Å². The molecule has 0 atom stereocenters. The first-order valence-electron chi connectivity index (χ1n) is 9.98. The highest BCUT2D eigenvalue weighted by Gasteiger charge is 2.11. The first kappa shape index (κ1) is 20.3. The average Bonchev–Trinajstić information content (AvgIpc) is 3.17. The van der Waals surface area contributed by atoms with Crippen LogP contribution in [-0.2, 0) is 13.0 Å². The van der Waals surface area contributed by atoms with Crippen molar-refractivity contribution in [3.8, 4) is 11.4 Å². The number of H-pyrrole nitrogens is 1. The summed E-state index contributed by atoms with van der Waals surface area (Å²) in [5, 5.41) is 10.1. The predicted molar refractivity (Wildman–Crippen MR) is 116 cm³/mol. The number of aromatic nitrogens is 6. The number of hydrogen-bond donors (Lipinski definition) is 2. The number of rotatable bonds is 6. The second-order valence-electron chi connectivity index (χ2n) is 7.49. The summed E-state index contributed by atoms with van der Waals surface area (Å²) in [5.74, 6) is 0.319. The van der Waals surface area contributed by atoms with E-state index in [4.69, 9.17) is 0 Å². The third kappa shape index (κ3) is 5.16. The number of pyridine rings is 2. The smallest absolute Gasteiger partial charge is 0.270 e. The van der Waals surface area contributed by atoms with Gasteiger partial charge in [-0.1, -0.05) is 6.07 Å². The lowest BCUT2D eigenvalue weighted by Crippen LogP contribution is -2.24. The van der Waals surface area contributed by atoms with Crippen LogP contribution in [0.1, 0.15) is 44.5 Å². The van der Waals surface area contributed by atoms with Gasteiger partial charge in [0.05, 0.1) is 23.6 Å². The summed E-state index contributed by atoms with van der Waals surface area (Å²) in [6.07, 6.45) is 4.01. The Morgan fingerprint density at radius 1 is 0.935 bits per heavy atom. The van der Waals surface area contributed by atoms with E-state index in [0.717, 1.165) is 39.6 Å². The van der Waals surface area contributed by atoms with Gasteiger partial charge >= 0.3 is 0 Å². The minimum absolute atomic E-state index is 0.256. The summed E-state index contributed by atoms with van der Waals surface area (Å²) in [6, 6.07) is 11.3. The fourth-order valence-corrected chi connectivity index (χ4v) is 3.13. The minimum Gasteiger partial charge on any atom is -0.345 e. The largest absolute Gasteiger partial charge is 0.345 e. The second-order valence-corrected chi connectivity index (χ2v) is 7.49. The van der Waals surface area contributed by atoms with E-state index in [9.17, 15) is 4.79 Å². The molecule has 4 rings (SSSR count).